The average Bonchev–Trinajstić information content (AvgIpc) is 2.96. The van der Waals surface area contributed by atoms with Crippen LogP contribution in [0.1, 0.15) is 15.2 Å². The second-order valence-electron chi connectivity index (χ2n) is 4.13. The summed E-state index contributed by atoms with van der Waals surface area (Å²) in [5, 5.41) is 1.57. The van der Waals surface area contributed by atoms with Crippen LogP contribution in [0.5, 0.6) is 0 Å². The molecule has 0 saturated heterocycles. The molecule has 0 radical (unpaired) electrons. The minimum absolute atomic E-state index is 0.0302. The Balaban J connectivity index is 2.26. The van der Waals surface area contributed by atoms with E-state index in [0.29, 0.717) is 0 Å². The number of thiophene rings is 1. The van der Waals surface area contributed by atoms with E-state index in [0.717, 1.165) is 18.4 Å². The maximum absolute atomic E-state index is 13.6. The third-order valence-corrected chi connectivity index (χ3v) is 5.61. The Morgan fingerprint density at radius 2 is 2.14 bits per heavy atom. The maximum Gasteiger partial charge on any atom is 0.349 e. The molecule has 0 saturated carbocycles. The van der Waals surface area contributed by atoms with Crippen LogP contribution >= 0.6 is 22.9 Å². The van der Waals surface area contributed by atoms with Crippen LogP contribution in [-0.4, -0.2) is 21.5 Å². The van der Waals surface area contributed by atoms with E-state index in [1.54, 1.807) is 0 Å². The zero-order valence-corrected chi connectivity index (χ0v) is 13.7. The van der Waals surface area contributed by atoms with E-state index in [2.05, 4.69) is 9.46 Å². The van der Waals surface area contributed by atoms with E-state index in [1.807, 2.05) is 0 Å². The van der Waals surface area contributed by atoms with E-state index < -0.39 is 21.8 Å². The molecule has 1 N–H and O–H groups in total. The lowest BCUT2D eigenvalue weighted by Crippen LogP contribution is -2.25. The fourth-order valence-electron chi connectivity index (χ4n) is 1.70. The van der Waals surface area contributed by atoms with E-state index in [1.165, 1.54) is 29.6 Å². The van der Waals surface area contributed by atoms with Gasteiger partial charge in [0.15, 0.2) is 0 Å². The molecule has 2 aromatic rings. The number of nitrogens with one attached hydrogen (secondary N) is 1. The number of hydrogen-bond donors (Lipinski definition) is 1. The number of halogens is 2. The molecule has 9 heteroatoms. The molecular weight excluding hydrogens is 353 g/mol. The highest BCUT2D eigenvalue weighted by atomic mass is 35.5. The minimum atomic E-state index is -4.00. The van der Waals surface area contributed by atoms with Gasteiger partial charge in [0.05, 0.1) is 7.11 Å². The second kappa shape index (κ2) is 6.74. The van der Waals surface area contributed by atoms with Crippen molar-refractivity contribution in [3.63, 3.8) is 0 Å². The first-order valence-electron chi connectivity index (χ1n) is 5.95. The monoisotopic (exact) mass is 363 g/mol. The van der Waals surface area contributed by atoms with Gasteiger partial charge in [-0.3, -0.25) is 0 Å². The van der Waals surface area contributed by atoms with Crippen molar-refractivity contribution in [1.29, 1.82) is 0 Å². The molecule has 1 heterocycles. The normalized spacial score (nSPS) is 11.4. The van der Waals surface area contributed by atoms with Gasteiger partial charge in [-0.1, -0.05) is 17.7 Å². The molecule has 1 aromatic carbocycles. The maximum atomic E-state index is 13.6. The van der Waals surface area contributed by atoms with Crippen molar-refractivity contribution in [3.8, 4) is 0 Å². The first-order valence-corrected chi connectivity index (χ1v) is 8.69. The van der Waals surface area contributed by atoms with Crippen LogP contribution in [0, 0.1) is 5.82 Å². The fraction of sp³-hybridized carbons (Fsp3) is 0.154. The Bertz CT molecular complexity index is 784. The quantitative estimate of drug-likeness (QED) is 0.829. The fourth-order valence-corrected chi connectivity index (χ4v) is 4.25. The van der Waals surface area contributed by atoms with Crippen LogP contribution < -0.4 is 4.72 Å². The Hall–Kier alpha value is -1.48. The van der Waals surface area contributed by atoms with Gasteiger partial charge in [0.1, 0.15) is 15.6 Å². The number of hydrogen-bond acceptors (Lipinski definition) is 5. The molecule has 118 valence electrons. The highest BCUT2D eigenvalue weighted by Gasteiger charge is 2.25. The molecule has 0 bridgehead atoms. The van der Waals surface area contributed by atoms with E-state index in [9.17, 15) is 17.6 Å². The van der Waals surface area contributed by atoms with Crippen molar-refractivity contribution in [1.82, 2.24) is 4.72 Å². The lowest BCUT2D eigenvalue weighted by atomic mass is 10.2. The van der Waals surface area contributed by atoms with Gasteiger partial charge in [-0.05, 0) is 23.6 Å². The summed E-state index contributed by atoms with van der Waals surface area (Å²) in [5.41, 5.74) is 0.0302. The Labute approximate surface area is 135 Å². The number of sulfonamides is 1. The van der Waals surface area contributed by atoms with Gasteiger partial charge < -0.3 is 4.74 Å². The standard InChI is InChI=1S/C13H11ClFNO4S2/c1-20-13(17)12-11(5-6-21-12)22(18,19)16-7-8-9(14)3-2-4-10(8)15/h2-6,16H,7H2,1H3. The van der Waals surface area contributed by atoms with Crippen LogP contribution in [0.25, 0.3) is 0 Å². The highest BCUT2D eigenvalue weighted by molar-refractivity contribution is 7.89. The Morgan fingerprint density at radius 1 is 1.41 bits per heavy atom. The third-order valence-electron chi connectivity index (χ3n) is 2.79. The van der Waals surface area contributed by atoms with Gasteiger partial charge >= 0.3 is 5.97 Å². The van der Waals surface area contributed by atoms with Crippen LogP contribution in [0.2, 0.25) is 5.02 Å². The van der Waals surface area contributed by atoms with Crippen molar-refractivity contribution >= 4 is 38.9 Å². The smallest absolute Gasteiger partial charge is 0.349 e. The zero-order chi connectivity index (χ0) is 16.3. The van der Waals surface area contributed by atoms with E-state index in [-0.39, 0.29) is 26.9 Å². The predicted molar refractivity (Wildman–Crippen MR) is 81.1 cm³/mol. The summed E-state index contributed by atoms with van der Waals surface area (Å²) in [6.45, 7) is -0.329. The Morgan fingerprint density at radius 3 is 2.77 bits per heavy atom. The van der Waals surface area contributed by atoms with Crippen LogP contribution in [0.4, 0.5) is 4.39 Å². The summed E-state index contributed by atoms with van der Waals surface area (Å²) in [4.78, 5) is 11.3. The van der Waals surface area contributed by atoms with Crippen LogP contribution in [0.15, 0.2) is 34.5 Å². The summed E-state index contributed by atoms with van der Waals surface area (Å²) >= 11 is 6.78. The summed E-state index contributed by atoms with van der Waals surface area (Å²) < 4.78 is 44.9. The number of methoxy groups -OCH3 is 1. The molecule has 1 aromatic heterocycles. The van der Waals surface area contributed by atoms with Gasteiger partial charge in [-0.25, -0.2) is 22.3 Å². The topological polar surface area (TPSA) is 72.5 Å². The van der Waals surface area contributed by atoms with Crippen LogP contribution in [-0.2, 0) is 21.3 Å². The van der Waals surface area contributed by atoms with Crippen molar-refractivity contribution < 1.29 is 22.3 Å². The average molecular weight is 364 g/mol. The lowest BCUT2D eigenvalue weighted by Gasteiger charge is -2.09. The van der Waals surface area contributed by atoms with Crippen molar-refractivity contribution in [2.24, 2.45) is 0 Å². The second-order valence-corrected chi connectivity index (χ2v) is 7.19. The number of rotatable bonds is 5. The van der Waals surface area contributed by atoms with Gasteiger partial charge in [0.25, 0.3) is 0 Å². The van der Waals surface area contributed by atoms with E-state index in [4.69, 9.17) is 11.6 Å². The van der Waals surface area contributed by atoms with Gasteiger partial charge in [-0.2, -0.15) is 0 Å². The molecule has 2 rings (SSSR count). The zero-order valence-electron chi connectivity index (χ0n) is 11.3. The number of esters is 1. The van der Waals surface area contributed by atoms with Gasteiger partial charge in [-0.15, -0.1) is 11.3 Å². The number of carbonyl (C=O) groups excluding carboxylic acids is 1. The summed E-state index contributed by atoms with van der Waals surface area (Å²) in [6, 6.07) is 5.34. The van der Waals surface area contributed by atoms with Gasteiger partial charge in [0, 0.05) is 17.1 Å². The molecule has 0 aliphatic rings. The number of carbonyl (C=O) groups is 1. The van der Waals surface area contributed by atoms with Crippen molar-refractivity contribution in [3.05, 3.63) is 50.9 Å². The van der Waals surface area contributed by atoms with Crippen LogP contribution in [0.3, 0.4) is 0 Å². The molecule has 0 amide bonds. The summed E-state index contributed by atoms with van der Waals surface area (Å²) in [5.74, 6) is -1.37. The highest BCUT2D eigenvalue weighted by Crippen LogP contribution is 2.24. The molecule has 0 fully saturated rings. The molecule has 0 aliphatic heterocycles. The molecule has 0 atom stereocenters. The Kier molecular flexibility index (Phi) is 5.17. The lowest BCUT2D eigenvalue weighted by molar-refractivity contribution is 0.0602. The van der Waals surface area contributed by atoms with Gasteiger partial charge in [0.2, 0.25) is 10.0 Å². The molecular formula is C13H11ClFNO4S2. The third kappa shape index (κ3) is 3.46. The van der Waals surface area contributed by atoms with Crippen molar-refractivity contribution in [2.45, 2.75) is 11.4 Å². The largest absolute Gasteiger partial charge is 0.465 e. The number of benzene rings is 1. The predicted octanol–water partition coefficient (Wildman–Crippen LogP) is 2.81. The minimum Gasteiger partial charge on any atom is -0.465 e. The molecule has 0 spiro atoms. The molecule has 0 unspecified atom stereocenters. The van der Waals surface area contributed by atoms with Crippen molar-refractivity contribution in [2.75, 3.05) is 7.11 Å². The van der Waals surface area contributed by atoms with E-state index >= 15 is 0 Å². The number of ether oxygens (including phenoxy) is 1. The SMILES string of the molecule is COC(=O)c1sccc1S(=O)(=O)NCc1c(F)cccc1Cl. The summed E-state index contributed by atoms with van der Waals surface area (Å²) in [7, 11) is -2.84. The molecule has 0 aliphatic carbocycles. The molecule has 5 nitrogen and oxygen atoms in total. The first kappa shape index (κ1) is 16.9. The first-order chi connectivity index (χ1) is 10.4. The molecule has 22 heavy (non-hydrogen) atoms. The summed E-state index contributed by atoms with van der Waals surface area (Å²) in [6.07, 6.45) is 0.